The van der Waals surface area contributed by atoms with Gasteiger partial charge in [0.1, 0.15) is 5.82 Å². The van der Waals surface area contributed by atoms with Crippen molar-refractivity contribution in [3.63, 3.8) is 0 Å². The standard InChI is InChI=1S/C18H27FN4/c1-20-18(22(2)12-14-3-5-16(19)6-4-14)21-11-15-9-10-23(13-15)17-7-8-17/h3-6,15,17H,7-13H2,1-2H3,(H,20,21). The number of halogens is 1. The van der Waals surface area contributed by atoms with E-state index in [0.29, 0.717) is 5.92 Å². The van der Waals surface area contributed by atoms with Crippen LogP contribution in [0.2, 0.25) is 0 Å². The van der Waals surface area contributed by atoms with Crippen molar-refractivity contribution in [3.05, 3.63) is 35.6 Å². The lowest BCUT2D eigenvalue weighted by Gasteiger charge is -2.23. The monoisotopic (exact) mass is 318 g/mol. The molecule has 0 amide bonds. The highest BCUT2D eigenvalue weighted by Crippen LogP contribution is 2.31. The van der Waals surface area contributed by atoms with Crippen molar-refractivity contribution in [2.24, 2.45) is 10.9 Å². The topological polar surface area (TPSA) is 30.9 Å². The molecule has 1 aliphatic heterocycles. The van der Waals surface area contributed by atoms with Crippen LogP contribution in [0.25, 0.3) is 0 Å². The smallest absolute Gasteiger partial charge is 0.193 e. The van der Waals surface area contributed by atoms with Crippen molar-refractivity contribution >= 4 is 5.96 Å². The Morgan fingerprint density at radius 3 is 2.70 bits per heavy atom. The quantitative estimate of drug-likeness (QED) is 0.668. The first-order chi connectivity index (χ1) is 11.2. The van der Waals surface area contributed by atoms with Gasteiger partial charge < -0.3 is 15.1 Å². The number of hydrogen-bond donors (Lipinski definition) is 1. The molecule has 0 radical (unpaired) electrons. The van der Waals surface area contributed by atoms with Gasteiger partial charge in [-0.15, -0.1) is 0 Å². The zero-order chi connectivity index (χ0) is 16.2. The fourth-order valence-electron chi connectivity index (χ4n) is 3.36. The van der Waals surface area contributed by atoms with E-state index in [9.17, 15) is 4.39 Å². The first-order valence-corrected chi connectivity index (χ1v) is 8.56. The molecule has 5 heteroatoms. The fraction of sp³-hybridized carbons (Fsp3) is 0.611. The Balaban J connectivity index is 1.46. The molecule has 1 heterocycles. The van der Waals surface area contributed by atoms with Gasteiger partial charge in [-0.25, -0.2) is 4.39 Å². The van der Waals surface area contributed by atoms with Gasteiger partial charge in [-0.05, 0) is 49.4 Å². The molecule has 2 fully saturated rings. The summed E-state index contributed by atoms with van der Waals surface area (Å²) in [6, 6.07) is 7.53. The summed E-state index contributed by atoms with van der Waals surface area (Å²) in [4.78, 5) is 9.09. The van der Waals surface area contributed by atoms with Crippen molar-refractivity contribution in [1.82, 2.24) is 15.1 Å². The number of aliphatic imine (C=N–C) groups is 1. The average Bonchev–Trinajstić information content (AvgIpc) is 3.29. The average molecular weight is 318 g/mol. The summed E-state index contributed by atoms with van der Waals surface area (Å²) in [5.74, 6) is 1.42. The minimum absolute atomic E-state index is 0.194. The Bertz CT molecular complexity index is 538. The molecule has 1 unspecified atom stereocenters. The van der Waals surface area contributed by atoms with Crippen molar-refractivity contribution in [2.75, 3.05) is 33.7 Å². The molecule has 1 aromatic rings. The Hall–Kier alpha value is -1.62. The van der Waals surface area contributed by atoms with E-state index in [1.54, 1.807) is 0 Å². The van der Waals surface area contributed by atoms with Crippen LogP contribution in [0.3, 0.4) is 0 Å². The molecule has 1 aromatic carbocycles. The fourth-order valence-corrected chi connectivity index (χ4v) is 3.36. The van der Waals surface area contributed by atoms with Crippen LogP contribution in [-0.2, 0) is 6.54 Å². The molecule has 0 bridgehead atoms. The summed E-state index contributed by atoms with van der Waals surface area (Å²) >= 11 is 0. The summed E-state index contributed by atoms with van der Waals surface area (Å²) in [5.41, 5.74) is 1.08. The van der Waals surface area contributed by atoms with E-state index >= 15 is 0 Å². The predicted octanol–water partition coefficient (Wildman–Crippen LogP) is 2.32. The molecule has 4 nitrogen and oxygen atoms in total. The first-order valence-electron chi connectivity index (χ1n) is 8.56. The van der Waals surface area contributed by atoms with E-state index in [-0.39, 0.29) is 5.82 Å². The molecular weight excluding hydrogens is 291 g/mol. The SMILES string of the molecule is CN=C(NCC1CCN(C2CC2)C1)N(C)Cc1ccc(F)cc1. The van der Waals surface area contributed by atoms with Crippen LogP contribution in [0.5, 0.6) is 0 Å². The van der Waals surface area contributed by atoms with Crippen molar-refractivity contribution in [1.29, 1.82) is 0 Å². The minimum atomic E-state index is -0.194. The molecule has 3 rings (SSSR count). The van der Waals surface area contributed by atoms with E-state index < -0.39 is 0 Å². The number of benzene rings is 1. The predicted molar refractivity (Wildman–Crippen MR) is 91.9 cm³/mol. The molecule has 2 aliphatic rings. The normalized spacial score (nSPS) is 22.4. The maximum atomic E-state index is 13.0. The Morgan fingerprint density at radius 1 is 1.30 bits per heavy atom. The zero-order valence-corrected chi connectivity index (χ0v) is 14.1. The van der Waals surface area contributed by atoms with Gasteiger partial charge in [0.2, 0.25) is 0 Å². The molecule has 0 spiro atoms. The van der Waals surface area contributed by atoms with Crippen LogP contribution >= 0.6 is 0 Å². The summed E-state index contributed by atoms with van der Waals surface area (Å²) in [6.07, 6.45) is 4.06. The highest BCUT2D eigenvalue weighted by Gasteiger charge is 2.34. The minimum Gasteiger partial charge on any atom is -0.356 e. The lowest BCUT2D eigenvalue weighted by atomic mass is 10.1. The molecule has 1 aliphatic carbocycles. The molecule has 23 heavy (non-hydrogen) atoms. The molecule has 1 saturated heterocycles. The van der Waals surface area contributed by atoms with Crippen LogP contribution in [0, 0.1) is 11.7 Å². The van der Waals surface area contributed by atoms with Gasteiger partial charge in [0.05, 0.1) is 0 Å². The van der Waals surface area contributed by atoms with Crippen LogP contribution < -0.4 is 5.32 Å². The van der Waals surface area contributed by atoms with E-state index in [0.717, 1.165) is 30.7 Å². The third kappa shape index (κ3) is 4.44. The van der Waals surface area contributed by atoms with Crippen LogP contribution in [0.1, 0.15) is 24.8 Å². The lowest BCUT2D eigenvalue weighted by Crippen LogP contribution is -2.41. The molecule has 1 atom stereocenters. The van der Waals surface area contributed by atoms with Crippen LogP contribution in [0.4, 0.5) is 4.39 Å². The van der Waals surface area contributed by atoms with E-state index in [1.807, 2.05) is 26.2 Å². The highest BCUT2D eigenvalue weighted by molar-refractivity contribution is 5.79. The lowest BCUT2D eigenvalue weighted by molar-refractivity contribution is 0.313. The van der Waals surface area contributed by atoms with Gasteiger partial charge in [0, 0.05) is 39.8 Å². The summed E-state index contributed by atoms with van der Waals surface area (Å²) in [6.45, 7) is 4.17. The second-order valence-corrected chi connectivity index (χ2v) is 6.79. The number of guanidine groups is 1. The first kappa shape index (κ1) is 16.2. The number of nitrogens with one attached hydrogen (secondary N) is 1. The van der Waals surface area contributed by atoms with Gasteiger partial charge in [0.25, 0.3) is 0 Å². The van der Waals surface area contributed by atoms with E-state index in [1.165, 1.54) is 44.5 Å². The van der Waals surface area contributed by atoms with Crippen LogP contribution in [0.15, 0.2) is 29.3 Å². The second kappa shape index (κ2) is 7.30. The van der Waals surface area contributed by atoms with Crippen molar-refractivity contribution < 1.29 is 4.39 Å². The summed E-state index contributed by atoms with van der Waals surface area (Å²) < 4.78 is 13.0. The zero-order valence-electron chi connectivity index (χ0n) is 14.1. The van der Waals surface area contributed by atoms with Gasteiger partial charge in [0.15, 0.2) is 5.96 Å². The third-order valence-corrected chi connectivity index (χ3v) is 4.84. The summed E-state index contributed by atoms with van der Waals surface area (Å²) in [7, 11) is 3.83. The number of likely N-dealkylation sites (tertiary alicyclic amines) is 1. The van der Waals surface area contributed by atoms with E-state index in [2.05, 4.69) is 20.1 Å². The largest absolute Gasteiger partial charge is 0.356 e. The van der Waals surface area contributed by atoms with Gasteiger partial charge >= 0.3 is 0 Å². The summed E-state index contributed by atoms with van der Waals surface area (Å²) in [5, 5.41) is 3.50. The Labute approximate surface area is 138 Å². The number of rotatable bonds is 5. The highest BCUT2D eigenvalue weighted by atomic mass is 19.1. The Kier molecular flexibility index (Phi) is 5.16. The van der Waals surface area contributed by atoms with Crippen molar-refractivity contribution in [2.45, 2.75) is 31.8 Å². The van der Waals surface area contributed by atoms with E-state index in [4.69, 9.17) is 0 Å². The Morgan fingerprint density at radius 2 is 2.04 bits per heavy atom. The third-order valence-electron chi connectivity index (χ3n) is 4.84. The van der Waals surface area contributed by atoms with Crippen molar-refractivity contribution in [3.8, 4) is 0 Å². The number of hydrogen-bond acceptors (Lipinski definition) is 2. The molecule has 0 aromatic heterocycles. The second-order valence-electron chi connectivity index (χ2n) is 6.79. The number of nitrogens with zero attached hydrogens (tertiary/aromatic N) is 3. The molecule has 1 saturated carbocycles. The van der Waals surface area contributed by atoms with Gasteiger partial charge in [-0.1, -0.05) is 12.1 Å². The molecular formula is C18H27FN4. The maximum absolute atomic E-state index is 13.0. The van der Waals surface area contributed by atoms with Crippen LogP contribution in [-0.4, -0.2) is 55.5 Å². The van der Waals surface area contributed by atoms with Gasteiger partial charge in [-0.3, -0.25) is 4.99 Å². The van der Waals surface area contributed by atoms with Gasteiger partial charge in [-0.2, -0.15) is 0 Å². The molecule has 126 valence electrons. The maximum Gasteiger partial charge on any atom is 0.193 e. The molecule has 1 N–H and O–H groups in total.